The molecule has 1 aromatic rings. The van der Waals surface area contributed by atoms with Crippen molar-refractivity contribution in [2.75, 3.05) is 12.4 Å². The molecule has 19 heavy (non-hydrogen) atoms. The van der Waals surface area contributed by atoms with E-state index in [0.29, 0.717) is 6.61 Å². The van der Waals surface area contributed by atoms with Gasteiger partial charge >= 0.3 is 5.97 Å². The Bertz CT molecular complexity index is 431. The van der Waals surface area contributed by atoms with Crippen LogP contribution in [-0.4, -0.2) is 23.3 Å². The van der Waals surface area contributed by atoms with Gasteiger partial charge in [-0.2, -0.15) is 11.8 Å². The molecule has 3 nitrogen and oxygen atoms in total. The zero-order valence-electron chi connectivity index (χ0n) is 11.6. The summed E-state index contributed by atoms with van der Waals surface area (Å²) in [7, 11) is 0. The second kappa shape index (κ2) is 7.29. The summed E-state index contributed by atoms with van der Waals surface area (Å²) in [5.41, 5.74) is 1.00. The summed E-state index contributed by atoms with van der Waals surface area (Å²) < 4.78 is 5.17. The van der Waals surface area contributed by atoms with E-state index in [9.17, 15) is 4.79 Å². The van der Waals surface area contributed by atoms with Gasteiger partial charge in [0.25, 0.3) is 0 Å². The van der Waals surface area contributed by atoms with Crippen LogP contribution < -0.4 is 0 Å². The molecule has 1 atom stereocenters. The maximum Gasteiger partial charge on any atom is 0.315 e. The second-order valence-electron chi connectivity index (χ2n) is 4.67. The lowest BCUT2D eigenvalue weighted by atomic mass is 9.91. The van der Waals surface area contributed by atoms with Crippen molar-refractivity contribution in [2.24, 2.45) is 0 Å². The lowest BCUT2D eigenvalue weighted by molar-refractivity contribution is -0.145. The topological polar surface area (TPSA) is 39.2 Å². The molecule has 5 heteroatoms. The van der Waals surface area contributed by atoms with Crippen LogP contribution in [0.15, 0.2) is 0 Å². The van der Waals surface area contributed by atoms with Gasteiger partial charge in [0.05, 0.1) is 12.3 Å². The third-order valence-corrected chi connectivity index (χ3v) is 5.63. The average Bonchev–Trinajstić information content (AvgIpc) is 2.81. The van der Waals surface area contributed by atoms with Crippen LogP contribution in [0.3, 0.4) is 0 Å². The molecule has 0 N–H and O–H groups in total. The Morgan fingerprint density at radius 3 is 3.11 bits per heavy atom. The Morgan fingerprint density at radius 2 is 2.37 bits per heavy atom. The van der Waals surface area contributed by atoms with E-state index >= 15 is 0 Å². The van der Waals surface area contributed by atoms with Crippen molar-refractivity contribution < 1.29 is 9.53 Å². The molecule has 1 heterocycles. The number of fused-ring (bicyclic) bond motifs is 1. The number of rotatable bonds is 6. The minimum Gasteiger partial charge on any atom is -0.465 e. The predicted molar refractivity (Wildman–Crippen MR) is 80.9 cm³/mol. The molecule has 1 aromatic heterocycles. The van der Waals surface area contributed by atoms with Gasteiger partial charge in [-0.25, -0.2) is 4.98 Å². The lowest BCUT2D eigenvalue weighted by Crippen LogP contribution is -2.20. The van der Waals surface area contributed by atoms with Gasteiger partial charge in [-0.05, 0) is 38.4 Å². The van der Waals surface area contributed by atoms with Gasteiger partial charge in [0.2, 0.25) is 0 Å². The summed E-state index contributed by atoms with van der Waals surface area (Å²) in [5, 5.41) is 1.17. The molecule has 1 aliphatic carbocycles. The minimum atomic E-state index is -0.120. The average molecular weight is 299 g/mol. The van der Waals surface area contributed by atoms with E-state index in [1.165, 1.54) is 22.1 Å². The number of thiazole rings is 1. The number of hydrogen-bond donors (Lipinski definition) is 0. The van der Waals surface area contributed by atoms with Gasteiger partial charge in [0.1, 0.15) is 10.9 Å². The smallest absolute Gasteiger partial charge is 0.315 e. The second-order valence-corrected chi connectivity index (χ2v) is 6.94. The van der Waals surface area contributed by atoms with Gasteiger partial charge in [-0.3, -0.25) is 4.79 Å². The number of esters is 1. The Labute approximate surface area is 123 Å². The molecule has 0 bridgehead atoms. The molecule has 0 aliphatic heterocycles. The molecule has 0 aromatic carbocycles. The van der Waals surface area contributed by atoms with E-state index in [0.717, 1.165) is 30.7 Å². The predicted octanol–water partition coefficient (Wildman–Crippen LogP) is 3.77. The fourth-order valence-electron chi connectivity index (χ4n) is 2.31. The SMILES string of the molecule is CCCSCc1nc2c(s1)CCCC2C(=O)OCC. The van der Waals surface area contributed by atoms with E-state index in [1.807, 2.05) is 18.7 Å². The molecule has 0 amide bonds. The lowest BCUT2D eigenvalue weighted by Gasteiger charge is -2.19. The maximum atomic E-state index is 12.0. The molecule has 0 spiro atoms. The summed E-state index contributed by atoms with van der Waals surface area (Å²) in [6, 6.07) is 0. The van der Waals surface area contributed by atoms with Crippen molar-refractivity contribution in [3.05, 3.63) is 15.6 Å². The summed E-state index contributed by atoms with van der Waals surface area (Å²) in [4.78, 5) is 18.0. The number of aryl methyl sites for hydroxylation is 1. The summed E-state index contributed by atoms with van der Waals surface area (Å²) in [6.45, 7) is 4.50. The van der Waals surface area contributed by atoms with Crippen LogP contribution in [0.4, 0.5) is 0 Å². The van der Waals surface area contributed by atoms with Crippen molar-refractivity contribution in [1.82, 2.24) is 4.98 Å². The molecule has 0 saturated heterocycles. The van der Waals surface area contributed by atoms with Crippen molar-refractivity contribution in [2.45, 2.75) is 51.2 Å². The Kier molecular flexibility index (Phi) is 5.70. The van der Waals surface area contributed by atoms with Gasteiger partial charge < -0.3 is 4.74 Å². The first kappa shape index (κ1) is 14.9. The Hall–Kier alpha value is -0.550. The summed E-state index contributed by atoms with van der Waals surface area (Å²) in [6.07, 6.45) is 4.22. The highest BCUT2D eigenvalue weighted by molar-refractivity contribution is 7.98. The number of carbonyl (C=O) groups is 1. The molecule has 106 valence electrons. The van der Waals surface area contributed by atoms with Crippen molar-refractivity contribution in [3.8, 4) is 0 Å². The number of thioether (sulfide) groups is 1. The van der Waals surface area contributed by atoms with Gasteiger partial charge in [0.15, 0.2) is 0 Å². The van der Waals surface area contributed by atoms with Crippen LogP contribution in [0.2, 0.25) is 0 Å². The van der Waals surface area contributed by atoms with E-state index in [-0.39, 0.29) is 11.9 Å². The third kappa shape index (κ3) is 3.72. The molecule has 2 rings (SSSR count). The maximum absolute atomic E-state index is 12.0. The van der Waals surface area contributed by atoms with Crippen LogP contribution in [-0.2, 0) is 21.7 Å². The highest BCUT2D eigenvalue weighted by Gasteiger charge is 2.31. The molecular weight excluding hydrogens is 278 g/mol. The van der Waals surface area contributed by atoms with Crippen LogP contribution in [0.1, 0.15) is 54.6 Å². The number of hydrogen-bond acceptors (Lipinski definition) is 5. The Balaban J connectivity index is 2.08. The number of nitrogens with zero attached hydrogens (tertiary/aromatic N) is 1. The molecule has 0 saturated carbocycles. The monoisotopic (exact) mass is 299 g/mol. The van der Waals surface area contributed by atoms with Crippen LogP contribution in [0, 0.1) is 0 Å². The Morgan fingerprint density at radius 1 is 1.53 bits per heavy atom. The molecule has 0 radical (unpaired) electrons. The van der Waals surface area contributed by atoms with E-state index in [4.69, 9.17) is 9.72 Å². The van der Waals surface area contributed by atoms with Crippen LogP contribution >= 0.6 is 23.1 Å². The van der Waals surface area contributed by atoms with E-state index in [2.05, 4.69) is 6.92 Å². The van der Waals surface area contributed by atoms with E-state index in [1.54, 1.807) is 11.3 Å². The fourth-order valence-corrected chi connectivity index (χ4v) is 4.43. The normalized spacial score (nSPS) is 18.1. The first-order chi connectivity index (χ1) is 9.26. The molecule has 1 aliphatic rings. The molecule has 1 unspecified atom stereocenters. The van der Waals surface area contributed by atoms with Gasteiger partial charge in [-0.1, -0.05) is 6.92 Å². The zero-order chi connectivity index (χ0) is 13.7. The zero-order valence-corrected chi connectivity index (χ0v) is 13.2. The largest absolute Gasteiger partial charge is 0.465 e. The molecular formula is C14H21NO2S2. The highest BCUT2D eigenvalue weighted by atomic mass is 32.2. The number of carbonyl (C=O) groups excluding carboxylic acids is 1. The van der Waals surface area contributed by atoms with Gasteiger partial charge in [0, 0.05) is 10.6 Å². The number of aromatic nitrogens is 1. The first-order valence-corrected chi connectivity index (χ1v) is 8.96. The number of ether oxygens (including phenoxy) is 1. The van der Waals surface area contributed by atoms with Crippen LogP contribution in [0.25, 0.3) is 0 Å². The van der Waals surface area contributed by atoms with Crippen LogP contribution in [0.5, 0.6) is 0 Å². The van der Waals surface area contributed by atoms with Gasteiger partial charge in [-0.15, -0.1) is 11.3 Å². The molecule has 0 fully saturated rings. The quantitative estimate of drug-likeness (QED) is 0.592. The van der Waals surface area contributed by atoms with E-state index < -0.39 is 0 Å². The minimum absolute atomic E-state index is 0.0958. The fraction of sp³-hybridized carbons (Fsp3) is 0.714. The summed E-state index contributed by atoms with van der Waals surface area (Å²) >= 11 is 3.71. The summed E-state index contributed by atoms with van der Waals surface area (Å²) in [5.74, 6) is 1.93. The van der Waals surface area contributed by atoms with Crippen molar-refractivity contribution >= 4 is 29.1 Å². The third-order valence-electron chi connectivity index (χ3n) is 3.14. The highest BCUT2D eigenvalue weighted by Crippen LogP contribution is 2.36. The first-order valence-electron chi connectivity index (χ1n) is 6.99. The standard InChI is InChI=1S/C14H21NO2S2/c1-3-8-18-9-12-15-13-10(14(16)17-4-2)6-5-7-11(13)19-12/h10H,3-9H2,1-2H3. The van der Waals surface area contributed by atoms with Crippen molar-refractivity contribution in [1.29, 1.82) is 0 Å². The van der Waals surface area contributed by atoms with Crippen molar-refractivity contribution in [3.63, 3.8) is 0 Å².